The summed E-state index contributed by atoms with van der Waals surface area (Å²) in [6, 6.07) is 0. The molecule has 0 unspecified atom stereocenters. The Kier molecular flexibility index (Phi) is 4.17. The number of carbonyl (C=O) groups is 2. The number of carboxylic acid groups (broad SMARTS) is 1. The van der Waals surface area contributed by atoms with Crippen LogP contribution >= 0.6 is 0 Å². The van der Waals surface area contributed by atoms with Gasteiger partial charge in [-0.05, 0) is 41.5 Å². The number of hydrogen-bond donors (Lipinski definition) is 0. The molecule has 0 atom stereocenters. The minimum Gasteiger partial charge on any atom is -0.528 e. The largest absolute Gasteiger partial charge is 0.534 e. The highest BCUT2D eigenvalue weighted by Gasteiger charge is 2.28. The fraction of sp³-hybridized carbons (Fsp3) is 0.800. The molecule has 0 rings (SSSR count). The second kappa shape index (κ2) is 4.59. The quantitative estimate of drug-likeness (QED) is 0.464. The van der Waals surface area contributed by atoms with Crippen LogP contribution in [0.1, 0.15) is 41.5 Å². The van der Waals surface area contributed by atoms with E-state index in [-0.39, 0.29) is 0 Å². The molecule has 1 amide bonds. The van der Waals surface area contributed by atoms with Crippen molar-refractivity contribution < 1.29 is 24.3 Å². The third-order valence-corrected chi connectivity index (χ3v) is 1.33. The Hall–Kier alpha value is -1.46. The number of hydroxylamine groups is 2. The van der Waals surface area contributed by atoms with Crippen LogP contribution in [0.2, 0.25) is 0 Å². The van der Waals surface area contributed by atoms with Crippen LogP contribution in [0.5, 0.6) is 0 Å². The maximum Gasteiger partial charge on any atom is 0.534 e. The van der Waals surface area contributed by atoms with Gasteiger partial charge in [0.2, 0.25) is 0 Å². The summed E-state index contributed by atoms with van der Waals surface area (Å²) < 4.78 is 4.82. The normalized spacial score (nSPS) is 11.9. The molecule has 0 saturated heterocycles. The first-order valence-electron chi connectivity index (χ1n) is 4.85. The maximum absolute atomic E-state index is 11.2. The minimum atomic E-state index is -1.60. The second-order valence-corrected chi connectivity index (χ2v) is 5.29. The van der Waals surface area contributed by atoms with Gasteiger partial charge in [-0.3, -0.25) is 0 Å². The van der Waals surface area contributed by atoms with Crippen molar-refractivity contribution in [1.29, 1.82) is 0 Å². The van der Waals surface area contributed by atoms with Crippen molar-refractivity contribution >= 4 is 12.2 Å². The summed E-state index contributed by atoms with van der Waals surface area (Å²) >= 11 is 0. The van der Waals surface area contributed by atoms with Crippen LogP contribution in [0.15, 0.2) is 0 Å². The zero-order valence-corrected chi connectivity index (χ0v) is 10.5. The van der Waals surface area contributed by atoms with Gasteiger partial charge in [0, 0.05) is 0 Å². The second-order valence-electron chi connectivity index (χ2n) is 5.29. The van der Waals surface area contributed by atoms with Crippen LogP contribution < -0.4 is 5.11 Å². The summed E-state index contributed by atoms with van der Waals surface area (Å²) in [6.45, 7) is 9.63. The number of hydrogen-bond acceptors (Lipinski definition) is 5. The molecule has 0 bridgehead atoms. The zero-order valence-electron chi connectivity index (χ0n) is 10.5. The molecule has 94 valence electrons. The van der Waals surface area contributed by atoms with Gasteiger partial charge in [-0.15, -0.1) is 0 Å². The third-order valence-electron chi connectivity index (χ3n) is 1.33. The molecule has 0 saturated carbocycles. The van der Waals surface area contributed by atoms with Crippen LogP contribution in [0, 0.1) is 0 Å². The fourth-order valence-electron chi connectivity index (χ4n) is 0.791. The van der Waals surface area contributed by atoms with Crippen molar-refractivity contribution in [2.45, 2.75) is 52.7 Å². The highest BCUT2D eigenvalue weighted by molar-refractivity contribution is 5.67. The monoisotopic (exact) mass is 232 g/mol. The molecular weight excluding hydrogens is 214 g/mol. The standard InChI is InChI=1S/C10H19NO5/c1-9(2,3)11(7(12)13)16-8(14)15-10(4,5)6/h1-6H3,(H,12,13)/p-1. The van der Waals surface area contributed by atoms with Gasteiger partial charge in [-0.25, -0.2) is 4.79 Å². The SMILES string of the molecule is CC(C)(C)OC(=O)ON(C(=O)[O-])C(C)(C)C. The van der Waals surface area contributed by atoms with Gasteiger partial charge in [-0.2, -0.15) is 5.06 Å². The van der Waals surface area contributed by atoms with Crippen LogP contribution in [-0.2, 0) is 9.57 Å². The molecule has 0 heterocycles. The summed E-state index contributed by atoms with van der Waals surface area (Å²) in [5.74, 6) is 0. The molecule has 6 heteroatoms. The van der Waals surface area contributed by atoms with E-state index in [1.54, 1.807) is 41.5 Å². The zero-order chi connectivity index (χ0) is 13.1. The van der Waals surface area contributed by atoms with E-state index in [1.807, 2.05) is 0 Å². The lowest BCUT2D eigenvalue weighted by Crippen LogP contribution is -2.52. The van der Waals surface area contributed by atoms with Gasteiger partial charge in [-0.1, -0.05) is 0 Å². The summed E-state index contributed by atoms with van der Waals surface area (Å²) in [6.07, 6.45) is -2.68. The van der Waals surface area contributed by atoms with E-state index in [4.69, 9.17) is 4.74 Å². The summed E-state index contributed by atoms with van der Waals surface area (Å²) in [5, 5.41) is 11.2. The van der Waals surface area contributed by atoms with Gasteiger partial charge in [0.05, 0.1) is 5.54 Å². The number of carbonyl (C=O) groups excluding carboxylic acids is 2. The Morgan fingerprint density at radius 1 is 1.06 bits per heavy atom. The van der Waals surface area contributed by atoms with Crippen molar-refractivity contribution in [1.82, 2.24) is 5.06 Å². The predicted molar refractivity (Wildman–Crippen MR) is 54.3 cm³/mol. The van der Waals surface area contributed by atoms with Crippen molar-refractivity contribution in [3.05, 3.63) is 0 Å². The van der Waals surface area contributed by atoms with Gasteiger partial charge < -0.3 is 19.5 Å². The molecule has 0 spiro atoms. The van der Waals surface area contributed by atoms with Crippen molar-refractivity contribution in [2.24, 2.45) is 0 Å². The number of ether oxygens (including phenoxy) is 1. The fourth-order valence-corrected chi connectivity index (χ4v) is 0.791. The summed E-state index contributed by atoms with van der Waals surface area (Å²) in [4.78, 5) is 26.5. The maximum atomic E-state index is 11.2. The molecule has 0 fully saturated rings. The lowest BCUT2D eigenvalue weighted by molar-refractivity contribution is -0.308. The minimum absolute atomic E-state index is 0.446. The van der Waals surface area contributed by atoms with Crippen LogP contribution in [0.4, 0.5) is 9.59 Å². The summed E-state index contributed by atoms with van der Waals surface area (Å²) in [7, 11) is 0. The van der Waals surface area contributed by atoms with E-state index in [2.05, 4.69) is 4.84 Å². The van der Waals surface area contributed by atoms with E-state index in [0.717, 1.165) is 0 Å². The Morgan fingerprint density at radius 3 is 1.75 bits per heavy atom. The average molecular weight is 232 g/mol. The first-order valence-corrected chi connectivity index (χ1v) is 4.85. The Bertz CT molecular complexity index is 274. The Labute approximate surface area is 95.1 Å². The van der Waals surface area contributed by atoms with Gasteiger partial charge in [0.25, 0.3) is 0 Å². The van der Waals surface area contributed by atoms with Crippen molar-refractivity contribution in [3.63, 3.8) is 0 Å². The van der Waals surface area contributed by atoms with Crippen LogP contribution in [-0.4, -0.2) is 28.5 Å². The van der Waals surface area contributed by atoms with E-state index in [9.17, 15) is 14.7 Å². The Balaban J connectivity index is 4.56. The molecular formula is C10H18NO5-. The molecule has 0 aromatic carbocycles. The lowest BCUT2D eigenvalue weighted by Gasteiger charge is -2.35. The molecule has 6 nitrogen and oxygen atoms in total. The average Bonchev–Trinajstić information content (AvgIpc) is 1.93. The van der Waals surface area contributed by atoms with E-state index < -0.39 is 23.4 Å². The highest BCUT2D eigenvalue weighted by Crippen LogP contribution is 2.15. The van der Waals surface area contributed by atoms with E-state index in [0.29, 0.717) is 5.06 Å². The third kappa shape index (κ3) is 5.43. The predicted octanol–water partition coefficient (Wildman–Crippen LogP) is 1.30. The molecule has 0 aliphatic carbocycles. The number of rotatable bonds is 0. The van der Waals surface area contributed by atoms with E-state index in [1.165, 1.54) is 0 Å². The first-order chi connectivity index (χ1) is 6.93. The highest BCUT2D eigenvalue weighted by atomic mass is 16.8. The van der Waals surface area contributed by atoms with Crippen molar-refractivity contribution in [3.8, 4) is 0 Å². The summed E-state index contributed by atoms with van der Waals surface area (Å²) in [5.41, 5.74) is -1.65. The van der Waals surface area contributed by atoms with E-state index >= 15 is 0 Å². The lowest BCUT2D eigenvalue weighted by atomic mass is 10.1. The van der Waals surface area contributed by atoms with Gasteiger partial charge in [0.15, 0.2) is 6.09 Å². The smallest absolute Gasteiger partial charge is 0.528 e. The van der Waals surface area contributed by atoms with Crippen molar-refractivity contribution in [2.75, 3.05) is 0 Å². The molecule has 0 aromatic heterocycles. The van der Waals surface area contributed by atoms with Crippen LogP contribution in [0.25, 0.3) is 0 Å². The molecule has 0 aromatic rings. The number of nitrogens with zero attached hydrogens (tertiary/aromatic N) is 1. The number of amides is 1. The first kappa shape index (κ1) is 14.5. The topological polar surface area (TPSA) is 78.9 Å². The molecule has 16 heavy (non-hydrogen) atoms. The molecule has 0 aliphatic rings. The Morgan fingerprint density at radius 2 is 1.50 bits per heavy atom. The van der Waals surface area contributed by atoms with Gasteiger partial charge >= 0.3 is 6.16 Å². The molecule has 0 N–H and O–H groups in total. The van der Waals surface area contributed by atoms with Gasteiger partial charge in [0.1, 0.15) is 5.60 Å². The molecule has 0 radical (unpaired) electrons. The van der Waals surface area contributed by atoms with Crippen LogP contribution in [0.3, 0.4) is 0 Å². The molecule has 0 aliphatic heterocycles.